The predicted molar refractivity (Wildman–Crippen MR) is 97.6 cm³/mol. The molecule has 3 heterocycles. The van der Waals surface area contributed by atoms with Crippen molar-refractivity contribution in [3.05, 3.63) is 36.2 Å². The Hall–Kier alpha value is -3.03. The molecular weight excluding hydrogens is 346 g/mol. The van der Waals surface area contributed by atoms with Crippen LogP contribution in [0.1, 0.15) is 38.0 Å². The van der Waals surface area contributed by atoms with E-state index in [1.807, 2.05) is 30.3 Å². The number of hydrazone groups is 1. The lowest BCUT2D eigenvalue weighted by molar-refractivity contribution is -0.141. The molecule has 8 nitrogen and oxygen atoms in total. The maximum atomic E-state index is 12.5. The van der Waals surface area contributed by atoms with Crippen LogP contribution in [0.4, 0.5) is 0 Å². The topological polar surface area (TPSA) is 91.9 Å². The molecule has 2 aliphatic heterocycles. The van der Waals surface area contributed by atoms with Gasteiger partial charge in [0.1, 0.15) is 12.3 Å². The first-order valence-corrected chi connectivity index (χ1v) is 9.26. The van der Waals surface area contributed by atoms with Gasteiger partial charge in [0.25, 0.3) is 5.89 Å². The molecule has 0 atom stereocenters. The van der Waals surface area contributed by atoms with Gasteiger partial charge in [-0.05, 0) is 19.3 Å². The Morgan fingerprint density at radius 3 is 2.63 bits per heavy atom. The number of piperidine rings is 1. The van der Waals surface area contributed by atoms with E-state index in [9.17, 15) is 9.59 Å². The first kappa shape index (κ1) is 17.4. The number of carbonyl (C=O) groups excluding carboxylic acids is 2. The maximum absolute atomic E-state index is 12.5. The zero-order valence-corrected chi connectivity index (χ0v) is 15.0. The second-order valence-corrected chi connectivity index (χ2v) is 6.73. The van der Waals surface area contributed by atoms with Crippen LogP contribution in [0.3, 0.4) is 0 Å². The van der Waals surface area contributed by atoms with Crippen LogP contribution < -0.4 is 0 Å². The Morgan fingerprint density at radius 2 is 1.85 bits per heavy atom. The largest absolute Gasteiger partial charge is 0.341 e. The smallest absolute Gasteiger partial charge is 0.274 e. The highest BCUT2D eigenvalue weighted by Gasteiger charge is 2.28. The van der Waals surface area contributed by atoms with Crippen LogP contribution >= 0.6 is 0 Å². The maximum Gasteiger partial charge on any atom is 0.274 e. The van der Waals surface area contributed by atoms with Crippen LogP contribution in [0, 0.1) is 0 Å². The van der Waals surface area contributed by atoms with E-state index in [0.717, 1.165) is 37.9 Å². The second-order valence-electron chi connectivity index (χ2n) is 6.73. The number of carbonyl (C=O) groups is 2. The molecule has 0 radical (unpaired) electrons. The third kappa shape index (κ3) is 3.89. The number of nitrogens with zero attached hydrogens (tertiary/aromatic N) is 5. The van der Waals surface area contributed by atoms with Gasteiger partial charge < -0.3 is 9.42 Å². The van der Waals surface area contributed by atoms with Crippen molar-refractivity contribution in [2.45, 2.75) is 32.1 Å². The van der Waals surface area contributed by atoms with Crippen LogP contribution in [0.5, 0.6) is 0 Å². The molecule has 1 aromatic heterocycles. The highest BCUT2D eigenvalue weighted by molar-refractivity contribution is 6.01. The summed E-state index contributed by atoms with van der Waals surface area (Å²) in [6.07, 6.45) is 3.87. The summed E-state index contributed by atoms with van der Waals surface area (Å²) in [6.45, 7) is 1.46. The fourth-order valence-electron chi connectivity index (χ4n) is 3.30. The molecule has 140 valence electrons. The summed E-state index contributed by atoms with van der Waals surface area (Å²) >= 11 is 0. The molecule has 0 saturated carbocycles. The van der Waals surface area contributed by atoms with E-state index in [-0.39, 0.29) is 30.7 Å². The fourth-order valence-corrected chi connectivity index (χ4v) is 3.30. The number of amides is 2. The molecule has 2 aromatic rings. The van der Waals surface area contributed by atoms with Gasteiger partial charge in [0, 0.05) is 31.5 Å². The molecule has 0 N–H and O–H groups in total. The zero-order chi connectivity index (χ0) is 18.6. The van der Waals surface area contributed by atoms with Crippen molar-refractivity contribution in [3.8, 4) is 11.4 Å². The van der Waals surface area contributed by atoms with E-state index in [2.05, 4.69) is 15.2 Å². The number of benzene rings is 1. The van der Waals surface area contributed by atoms with Crippen molar-refractivity contribution in [2.24, 2.45) is 5.10 Å². The highest BCUT2D eigenvalue weighted by atomic mass is 16.5. The summed E-state index contributed by atoms with van der Waals surface area (Å²) in [6, 6.07) is 9.50. The van der Waals surface area contributed by atoms with E-state index in [4.69, 9.17) is 4.52 Å². The molecule has 4 rings (SSSR count). The summed E-state index contributed by atoms with van der Waals surface area (Å²) in [7, 11) is 0. The number of likely N-dealkylation sites (tertiary alicyclic amines) is 1. The molecule has 1 saturated heterocycles. The lowest BCUT2D eigenvalue weighted by Crippen LogP contribution is -2.44. The van der Waals surface area contributed by atoms with Gasteiger partial charge in [-0.15, -0.1) is 0 Å². The molecule has 2 aliphatic rings. The first-order valence-electron chi connectivity index (χ1n) is 9.26. The van der Waals surface area contributed by atoms with Gasteiger partial charge in [0.2, 0.25) is 17.6 Å². The predicted octanol–water partition coefficient (Wildman–Crippen LogP) is 2.08. The van der Waals surface area contributed by atoms with Crippen LogP contribution in [0.15, 0.2) is 40.0 Å². The quantitative estimate of drug-likeness (QED) is 0.825. The average molecular weight is 367 g/mol. The standard InChI is InChI=1S/C19H21N5O3/c25-16-10-9-15(19-20-18(22-27-19)14-7-3-1-4-8-14)21-24(16)13-17(26)23-11-5-2-6-12-23/h1,3-4,7-8H,2,5-6,9-13H2. The molecule has 0 spiro atoms. The fraction of sp³-hybridized carbons (Fsp3) is 0.421. The minimum atomic E-state index is -0.160. The summed E-state index contributed by atoms with van der Waals surface area (Å²) in [5, 5.41) is 9.56. The lowest BCUT2D eigenvalue weighted by atomic mass is 10.1. The first-order chi connectivity index (χ1) is 13.2. The van der Waals surface area contributed by atoms with E-state index in [0.29, 0.717) is 18.0 Å². The molecule has 0 unspecified atom stereocenters. The van der Waals surface area contributed by atoms with Crippen molar-refractivity contribution in [1.82, 2.24) is 20.0 Å². The summed E-state index contributed by atoms with van der Waals surface area (Å²) in [4.78, 5) is 30.9. The van der Waals surface area contributed by atoms with Crippen LogP contribution in [-0.2, 0) is 9.59 Å². The number of hydrogen-bond acceptors (Lipinski definition) is 6. The molecule has 27 heavy (non-hydrogen) atoms. The molecule has 1 fully saturated rings. The molecule has 2 amide bonds. The highest BCUT2D eigenvalue weighted by Crippen LogP contribution is 2.19. The Kier molecular flexibility index (Phi) is 4.95. The van der Waals surface area contributed by atoms with Gasteiger partial charge in [0.05, 0.1) is 0 Å². The van der Waals surface area contributed by atoms with Gasteiger partial charge >= 0.3 is 0 Å². The van der Waals surface area contributed by atoms with E-state index >= 15 is 0 Å². The normalized spacial score (nSPS) is 17.8. The monoisotopic (exact) mass is 367 g/mol. The van der Waals surface area contributed by atoms with Crippen molar-refractivity contribution >= 4 is 17.5 Å². The third-order valence-corrected chi connectivity index (χ3v) is 4.80. The Morgan fingerprint density at radius 1 is 1.07 bits per heavy atom. The molecule has 0 aliphatic carbocycles. The lowest BCUT2D eigenvalue weighted by Gasteiger charge is -2.29. The minimum Gasteiger partial charge on any atom is -0.341 e. The zero-order valence-electron chi connectivity index (χ0n) is 15.0. The van der Waals surface area contributed by atoms with Crippen molar-refractivity contribution in [3.63, 3.8) is 0 Å². The van der Waals surface area contributed by atoms with Gasteiger partial charge in [-0.3, -0.25) is 9.59 Å². The van der Waals surface area contributed by atoms with Crippen molar-refractivity contribution in [2.75, 3.05) is 19.6 Å². The summed E-state index contributed by atoms with van der Waals surface area (Å²) in [5.74, 6) is 0.536. The van der Waals surface area contributed by atoms with Gasteiger partial charge in [-0.25, -0.2) is 5.01 Å². The SMILES string of the molecule is O=C(CN1N=C(c2nc(-c3ccccc3)no2)CCC1=O)N1CCCCC1. The molecule has 8 heteroatoms. The minimum absolute atomic E-state index is 0.0397. The van der Waals surface area contributed by atoms with Crippen LogP contribution in [-0.4, -0.2) is 57.2 Å². The van der Waals surface area contributed by atoms with E-state index in [1.165, 1.54) is 5.01 Å². The Balaban J connectivity index is 1.49. The van der Waals surface area contributed by atoms with Gasteiger partial charge in [0.15, 0.2) is 0 Å². The Labute approximate surface area is 156 Å². The van der Waals surface area contributed by atoms with E-state index < -0.39 is 0 Å². The summed E-state index contributed by atoms with van der Waals surface area (Å²) in [5.41, 5.74) is 1.38. The molecular formula is C19H21N5O3. The average Bonchev–Trinajstić information content (AvgIpc) is 3.21. The van der Waals surface area contributed by atoms with Crippen molar-refractivity contribution < 1.29 is 14.1 Å². The second kappa shape index (κ2) is 7.69. The van der Waals surface area contributed by atoms with Gasteiger partial charge in [-0.2, -0.15) is 10.1 Å². The number of aromatic nitrogens is 2. The van der Waals surface area contributed by atoms with Crippen molar-refractivity contribution in [1.29, 1.82) is 0 Å². The summed E-state index contributed by atoms with van der Waals surface area (Å²) < 4.78 is 5.34. The van der Waals surface area contributed by atoms with Crippen LogP contribution in [0.25, 0.3) is 11.4 Å². The third-order valence-electron chi connectivity index (χ3n) is 4.80. The van der Waals surface area contributed by atoms with Gasteiger partial charge in [-0.1, -0.05) is 35.5 Å². The number of rotatable bonds is 4. The molecule has 0 bridgehead atoms. The van der Waals surface area contributed by atoms with Crippen LogP contribution in [0.2, 0.25) is 0 Å². The van der Waals surface area contributed by atoms with E-state index in [1.54, 1.807) is 4.90 Å². The Bertz CT molecular complexity index is 855. The number of hydrogen-bond donors (Lipinski definition) is 0. The molecule has 1 aromatic carbocycles.